The first-order valence-electron chi connectivity index (χ1n) is 26.3. The number of carbonyl (C=O) groups excluding carboxylic acids is 3. The molecule has 2 fully saturated rings. The zero-order chi connectivity index (χ0) is 55.3. The van der Waals surface area contributed by atoms with E-state index in [-0.39, 0.29) is 74.2 Å². The third kappa shape index (κ3) is 14.4. The van der Waals surface area contributed by atoms with Crippen molar-refractivity contribution in [1.82, 2.24) is 54.7 Å². The number of nitrogens with one attached hydrogen (secondary N) is 3. The largest absolute Gasteiger partial charge is 0.479 e. The molecule has 8 rings (SSSR count). The van der Waals surface area contributed by atoms with Crippen LogP contribution in [0.1, 0.15) is 105 Å². The predicted molar refractivity (Wildman–Crippen MR) is 276 cm³/mol. The van der Waals surface area contributed by atoms with Crippen molar-refractivity contribution >= 4 is 40.9 Å². The van der Waals surface area contributed by atoms with Crippen molar-refractivity contribution in [2.45, 2.75) is 141 Å². The van der Waals surface area contributed by atoms with Gasteiger partial charge in [-0.25, -0.2) is 20.3 Å². The van der Waals surface area contributed by atoms with Crippen molar-refractivity contribution in [3.8, 4) is 11.8 Å². The van der Waals surface area contributed by atoms with Crippen LogP contribution in [0.3, 0.4) is 0 Å². The number of fused-ring (bicyclic) bond motifs is 2. The molecule has 3 aromatic heterocycles. The number of amides is 3. The summed E-state index contributed by atoms with van der Waals surface area (Å²) in [5, 5.41) is 55.3. The highest BCUT2D eigenvalue weighted by Crippen LogP contribution is 2.31. The fourth-order valence-electron chi connectivity index (χ4n) is 9.55. The number of anilines is 1. The van der Waals surface area contributed by atoms with E-state index in [1.54, 1.807) is 17.0 Å². The summed E-state index contributed by atoms with van der Waals surface area (Å²) in [6.45, 7) is 6.42. The maximum Gasteiger partial charge on any atom is 0.410 e. The number of aliphatic hydroxyl groups excluding tert-OH is 3. The summed E-state index contributed by atoms with van der Waals surface area (Å²) in [5.41, 5.74) is 9.44. The van der Waals surface area contributed by atoms with Crippen LogP contribution in [0, 0.1) is 0 Å². The molecule has 78 heavy (non-hydrogen) atoms. The number of likely N-dealkylation sites (tertiary alicyclic amines) is 1. The Balaban J connectivity index is 0.820. The van der Waals surface area contributed by atoms with E-state index in [0.717, 1.165) is 75.1 Å². The van der Waals surface area contributed by atoms with Crippen molar-refractivity contribution in [2.75, 3.05) is 45.1 Å². The van der Waals surface area contributed by atoms with Gasteiger partial charge < -0.3 is 70.1 Å². The van der Waals surface area contributed by atoms with Crippen molar-refractivity contribution in [3.63, 3.8) is 0 Å². The van der Waals surface area contributed by atoms with Gasteiger partial charge in [0.1, 0.15) is 42.0 Å². The summed E-state index contributed by atoms with van der Waals surface area (Å²) < 4.78 is 26.2. The molecule has 0 aliphatic carbocycles. The Hall–Kier alpha value is -7.27. The predicted octanol–water partition coefficient (Wildman–Crippen LogP) is 0.897. The number of hydrogen-bond acceptors (Lipinski definition) is 20. The Morgan fingerprint density at radius 1 is 0.846 bits per heavy atom. The lowest BCUT2D eigenvalue weighted by molar-refractivity contribution is -0.271. The summed E-state index contributed by atoms with van der Waals surface area (Å²) in [6, 6.07) is 12.9. The molecule has 0 radical (unpaired) electrons. The second-order valence-corrected chi connectivity index (χ2v) is 19.6. The first kappa shape index (κ1) is 56.9. The molecular weight excluding hydrogens is 1020 g/mol. The normalized spacial score (nSPS) is 19.8. The summed E-state index contributed by atoms with van der Waals surface area (Å²) in [6.07, 6.45) is -4.02. The number of carbonyl (C=O) groups is 4. The van der Waals surface area contributed by atoms with Gasteiger partial charge >= 0.3 is 23.8 Å². The number of aromatic amines is 1. The Kier molecular flexibility index (Phi) is 19.6. The molecule has 5 aromatic rings. The van der Waals surface area contributed by atoms with E-state index < -0.39 is 48.7 Å². The van der Waals surface area contributed by atoms with E-state index in [9.17, 15) is 44.4 Å². The molecule has 5 atom stereocenters. The molecule has 3 aliphatic rings. The highest BCUT2D eigenvalue weighted by molar-refractivity contribution is 5.82. The van der Waals surface area contributed by atoms with E-state index in [0.29, 0.717) is 67.4 Å². The number of piperidine rings is 1. The smallest absolute Gasteiger partial charge is 0.410 e. The molecule has 0 saturated carbocycles. The molecule has 0 bridgehead atoms. The zero-order valence-corrected chi connectivity index (χ0v) is 43.5. The summed E-state index contributed by atoms with van der Waals surface area (Å²) >= 11 is 0. The number of aromatic nitrogens is 7. The number of H-pyrrole nitrogens is 1. The quantitative estimate of drug-likeness (QED) is 0.0289. The van der Waals surface area contributed by atoms with Gasteiger partial charge in [0.15, 0.2) is 23.4 Å². The zero-order valence-electron chi connectivity index (χ0n) is 43.5. The second kappa shape index (κ2) is 26.9. The van der Waals surface area contributed by atoms with Gasteiger partial charge in [-0.1, -0.05) is 50.1 Å². The number of nitrogen functional groups attached to an aromatic ring is 1. The number of aliphatic hydroxyl groups is 3. The number of carboxylic acids is 1. The first-order chi connectivity index (χ1) is 37.7. The number of ether oxygens (including phenoxy) is 4. The van der Waals surface area contributed by atoms with Gasteiger partial charge in [0.2, 0.25) is 18.1 Å². The van der Waals surface area contributed by atoms with Crippen molar-refractivity contribution in [1.29, 1.82) is 0 Å². The molecule has 27 nitrogen and oxygen atoms in total. The maximum atomic E-state index is 13.5. The van der Waals surface area contributed by atoms with E-state index >= 15 is 0 Å². The molecule has 5 unspecified atom stereocenters. The van der Waals surface area contributed by atoms with Crippen molar-refractivity contribution in [2.24, 2.45) is 5.90 Å². The van der Waals surface area contributed by atoms with Crippen LogP contribution in [0.15, 0.2) is 47.3 Å². The van der Waals surface area contributed by atoms with Gasteiger partial charge in [0.05, 0.1) is 26.3 Å². The van der Waals surface area contributed by atoms with Crippen LogP contribution in [0.2, 0.25) is 0 Å². The minimum absolute atomic E-state index is 0.0307. The number of aliphatic carboxylic acids is 1. The Morgan fingerprint density at radius 3 is 2.33 bits per heavy atom. The van der Waals surface area contributed by atoms with Gasteiger partial charge in [-0.05, 0) is 74.0 Å². The van der Waals surface area contributed by atoms with Crippen LogP contribution in [0.25, 0.3) is 11.2 Å². The number of hydrogen-bond donors (Lipinski definition) is 9. The average molecular weight is 1090 g/mol. The molecule has 422 valence electrons. The second-order valence-electron chi connectivity index (χ2n) is 19.6. The van der Waals surface area contributed by atoms with Crippen molar-refractivity contribution < 1.29 is 63.4 Å². The molecule has 27 heteroatoms. The molecule has 2 aromatic carbocycles. The van der Waals surface area contributed by atoms with Crippen LogP contribution in [-0.2, 0) is 68.0 Å². The van der Waals surface area contributed by atoms with Crippen LogP contribution >= 0.6 is 0 Å². The fourth-order valence-corrected chi connectivity index (χ4v) is 9.55. The lowest BCUT2D eigenvalue weighted by Crippen LogP contribution is -2.61. The van der Waals surface area contributed by atoms with Gasteiger partial charge in [-0.3, -0.25) is 24.0 Å². The number of rotatable bonds is 25. The maximum absolute atomic E-state index is 13.5. The van der Waals surface area contributed by atoms with Crippen LogP contribution in [0.4, 0.5) is 10.6 Å². The third-order valence-corrected chi connectivity index (χ3v) is 14.0. The van der Waals surface area contributed by atoms with Crippen LogP contribution in [-0.4, -0.2) is 158 Å². The molecular formula is C51H69N13O14. The average Bonchev–Trinajstić information content (AvgIpc) is 4.09. The number of imidazole rings is 1. The molecule has 0 spiro atoms. The number of nitrogens with zero attached hydrogens (tertiary/aromatic N) is 8. The first-order valence-corrected chi connectivity index (χ1v) is 26.3. The van der Waals surface area contributed by atoms with Gasteiger partial charge in [-0.2, -0.15) is 9.97 Å². The summed E-state index contributed by atoms with van der Waals surface area (Å²) in [5.74, 6) is 4.72. The third-order valence-electron chi connectivity index (χ3n) is 14.0. The lowest BCUT2D eigenvalue weighted by atomic mass is 9.95. The minimum atomic E-state index is -1.93. The standard InChI is InChI=1S/C51H69N13O14/c1-2-3-22-74-49-57-44(52)39-46(58-49)64(50(72)56-39)27-31-10-8-30(9-11-31)26-61-18-15-33(16-19-61)45-60-59-36-28-62(20-21-63(36)45)51(73)75-29-32-12-13-35(77-48-42(69)40(67)41(68)43(78-48)47(70)71)34(24-32)25-55-38(66)14-17-54-37(65)7-5-4-6-23-76-53/h8-13,24,33,40-43,48,67-69H,2-7,14-23,25-29,53H2,1H3,(H,54,65)(H,55,66)(H,56,72)(H,70,71)(H2,52,57,58). The number of unbranched alkanes of at least 4 members (excludes halogenated alkanes) is 3. The monoisotopic (exact) mass is 1090 g/mol. The number of benzene rings is 2. The summed E-state index contributed by atoms with van der Waals surface area (Å²) in [4.78, 5) is 83.2. The number of nitrogens with two attached hydrogens (primary N) is 2. The molecule has 3 aliphatic heterocycles. The van der Waals surface area contributed by atoms with Gasteiger partial charge in [0.25, 0.3) is 0 Å². The minimum Gasteiger partial charge on any atom is -0.479 e. The van der Waals surface area contributed by atoms with Crippen LogP contribution in [0.5, 0.6) is 11.8 Å². The molecule has 6 heterocycles. The lowest BCUT2D eigenvalue weighted by Gasteiger charge is -2.38. The molecule has 11 N–H and O–H groups in total. The Labute approximate surface area is 448 Å². The van der Waals surface area contributed by atoms with E-state index in [1.807, 2.05) is 12.1 Å². The van der Waals surface area contributed by atoms with E-state index in [1.165, 1.54) is 10.6 Å². The Bertz CT molecular complexity index is 2910. The van der Waals surface area contributed by atoms with E-state index in [2.05, 4.69) is 69.1 Å². The van der Waals surface area contributed by atoms with E-state index in [4.69, 9.17) is 30.6 Å². The fraction of sp³-hybridized carbons (Fsp3) is 0.549. The summed E-state index contributed by atoms with van der Waals surface area (Å²) in [7, 11) is 0. The molecule has 3 amide bonds. The SMILES string of the molecule is CCCCOc1nc(N)c2[nH]c(=O)n(Cc3ccc(CN4CCC(c5nnc6n5CCN(C(=O)OCc5ccc(OC7OC(C(=O)O)C(O)C(O)C7O)c(CNC(=O)CCNC(=O)CCCCCON)c5)C6)CC4)cc3)c2n1. The topological polar surface area (TPSA) is 372 Å². The molecule has 2 saturated heterocycles. The van der Waals surface area contributed by atoms with Crippen molar-refractivity contribution in [3.05, 3.63) is 86.9 Å². The highest BCUT2D eigenvalue weighted by Gasteiger charge is 2.48. The Morgan fingerprint density at radius 2 is 1.59 bits per heavy atom. The highest BCUT2D eigenvalue weighted by atomic mass is 16.7. The van der Waals surface area contributed by atoms with Gasteiger partial charge in [-0.15, -0.1) is 10.2 Å². The van der Waals surface area contributed by atoms with Crippen LogP contribution < -0.4 is 37.4 Å². The van der Waals surface area contributed by atoms with Gasteiger partial charge in [0, 0.05) is 57.0 Å². The number of carboxylic acid groups (broad SMARTS) is 1.